The maximum absolute atomic E-state index is 12.3. The molecule has 0 radical (unpaired) electrons. The van der Waals surface area contributed by atoms with Gasteiger partial charge in [-0.25, -0.2) is 4.79 Å². The lowest BCUT2D eigenvalue weighted by Crippen LogP contribution is -2.21. The molecular weight excluding hydrogens is 308 g/mol. The fourth-order valence-electron chi connectivity index (χ4n) is 2.55. The van der Waals surface area contributed by atoms with Crippen LogP contribution in [0.4, 0.5) is 0 Å². The van der Waals surface area contributed by atoms with Crippen LogP contribution in [0.5, 0.6) is 0 Å². The second-order valence-electron chi connectivity index (χ2n) is 5.38. The first-order valence-electron chi connectivity index (χ1n) is 7.96. The molecule has 1 aliphatic rings. The first kappa shape index (κ1) is 17.8. The van der Waals surface area contributed by atoms with Crippen LogP contribution in [0, 0.1) is 0 Å². The first-order chi connectivity index (χ1) is 11.6. The van der Waals surface area contributed by atoms with Crippen LogP contribution >= 0.6 is 0 Å². The number of carbonyl (C=O) groups excluding carboxylic acids is 2. The summed E-state index contributed by atoms with van der Waals surface area (Å²) in [6.07, 6.45) is 3.15. The topological polar surface area (TPSA) is 61.8 Å². The normalized spacial score (nSPS) is 17.2. The van der Waals surface area contributed by atoms with Gasteiger partial charge in [-0.1, -0.05) is 30.3 Å². The summed E-state index contributed by atoms with van der Waals surface area (Å²) in [5, 5.41) is 0. The van der Waals surface area contributed by atoms with Crippen LogP contribution in [-0.2, 0) is 23.8 Å². The Morgan fingerprint density at radius 3 is 2.58 bits per heavy atom. The third-order valence-corrected chi connectivity index (χ3v) is 3.81. The molecule has 24 heavy (non-hydrogen) atoms. The van der Waals surface area contributed by atoms with E-state index in [9.17, 15) is 9.59 Å². The van der Waals surface area contributed by atoms with E-state index in [1.165, 1.54) is 7.11 Å². The zero-order chi connectivity index (χ0) is 17.5. The molecule has 0 aliphatic carbocycles. The quantitative estimate of drug-likeness (QED) is 0.611. The highest BCUT2D eigenvalue weighted by Crippen LogP contribution is 2.34. The lowest BCUT2D eigenvalue weighted by molar-refractivity contribution is -0.142. The smallest absolute Gasteiger partial charge is 0.337 e. The average Bonchev–Trinajstić information content (AvgIpc) is 2.62. The Balaban J connectivity index is 2.31. The highest BCUT2D eigenvalue weighted by molar-refractivity contribution is 5.88. The van der Waals surface area contributed by atoms with Crippen LogP contribution in [0.15, 0.2) is 53.5 Å². The molecule has 0 spiro atoms. The van der Waals surface area contributed by atoms with Crippen LogP contribution in [-0.4, -0.2) is 25.7 Å². The van der Waals surface area contributed by atoms with Crippen molar-refractivity contribution < 1.29 is 23.8 Å². The molecule has 5 nitrogen and oxygen atoms in total. The van der Waals surface area contributed by atoms with Crippen LogP contribution in [0.25, 0.3) is 0 Å². The monoisotopic (exact) mass is 330 g/mol. The van der Waals surface area contributed by atoms with Gasteiger partial charge < -0.3 is 14.2 Å². The predicted molar refractivity (Wildman–Crippen MR) is 88.9 cm³/mol. The van der Waals surface area contributed by atoms with Gasteiger partial charge in [-0.3, -0.25) is 4.79 Å². The molecule has 0 bridgehead atoms. The summed E-state index contributed by atoms with van der Waals surface area (Å²) >= 11 is 0. The molecule has 0 saturated heterocycles. The Morgan fingerprint density at radius 1 is 1.25 bits per heavy atom. The molecule has 0 N–H and O–H groups in total. The number of rotatable bonds is 5. The number of benzene rings is 1. The minimum Gasteiger partial charge on any atom is -0.468 e. The number of esters is 2. The van der Waals surface area contributed by atoms with Crippen LogP contribution in [0.3, 0.4) is 0 Å². The molecule has 0 saturated carbocycles. The predicted octanol–water partition coefficient (Wildman–Crippen LogP) is 3.47. The standard InChI is InChI=1S/C19H22O5/c1-4-23-18(20)13(2)15-11-8-12-16(24-15)17(19(21)22-3)14-9-6-5-7-10-14/h5-7,9-10,12,17H,4,8,11H2,1-3H3/b15-13+. The SMILES string of the molecule is CCOC(=O)/C(C)=C1\CCC=C(C(C(=O)OC)c2ccccc2)O1. The molecule has 2 rings (SSSR count). The maximum atomic E-state index is 12.3. The molecule has 5 heteroatoms. The van der Waals surface area contributed by atoms with Crippen molar-refractivity contribution in [3.63, 3.8) is 0 Å². The second kappa shape index (κ2) is 8.34. The molecule has 1 atom stereocenters. The van der Waals surface area contributed by atoms with Crippen LogP contribution < -0.4 is 0 Å². The van der Waals surface area contributed by atoms with Gasteiger partial charge >= 0.3 is 11.9 Å². The summed E-state index contributed by atoms with van der Waals surface area (Å²) in [6, 6.07) is 9.29. The zero-order valence-corrected chi connectivity index (χ0v) is 14.2. The van der Waals surface area contributed by atoms with Crippen molar-refractivity contribution in [1.82, 2.24) is 0 Å². The summed E-state index contributed by atoms with van der Waals surface area (Å²) in [7, 11) is 1.35. The van der Waals surface area contributed by atoms with Gasteiger partial charge in [0.1, 0.15) is 17.4 Å². The largest absolute Gasteiger partial charge is 0.468 e. The minimum absolute atomic E-state index is 0.306. The summed E-state index contributed by atoms with van der Waals surface area (Å²) in [4.78, 5) is 24.2. The average molecular weight is 330 g/mol. The fourth-order valence-corrected chi connectivity index (χ4v) is 2.55. The van der Waals surface area contributed by atoms with Crippen molar-refractivity contribution in [3.8, 4) is 0 Å². The highest BCUT2D eigenvalue weighted by atomic mass is 16.5. The van der Waals surface area contributed by atoms with Gasteiger partial charge in [-0.2, -0.15) is 0 Å². The van der Waals surface area contributed by atoms with Crippen LogP contribution in [0.1, 0.15) is 38.2 Å². The number of methoxy groups -OCH3 is 1. The van der Waals surface area contributed by atoms with Crippen molar-refractivity contribution in [2.24, 2.45) is 0 Å². The molecular formula is C19H22O5. The van der Waals surface area contributed by atoms with Gasteiger partial charge in [0.2, 0.25) is 0 Å². The van der Waals surface area contributed by atoms with Crippen molar-refractivity contribution >= 4 is 11.9 Å². The Labute approximate surface area is 141 Å². The first-order valence-corrected chi connectivity index (χ1v) is 7.96. The van der Waals surface area contributed by atoms with Gasteiger partial charge in [0.05, 0.1) is 19.3 Å². The van der Waals surface area contributed by atoms with E-state index in [4.69, 9.17) is 14.2 Å². The van der Waals surface area contributed by atoms with E-state index in [0.717, 1.165) is 5.56 Å². The summed E-state index contributed by atoms with van der Waals surface area (Å²) < 4.78 is 15.8. The van der Waals surface area contributed by atoms with Crippen LogP contribution in [0.2, 0.25) is 0 Å². The van der Waals surface area contributed by atoms with Crippen molar-refractivity contribution in [1.29, 1.82) is 0 Å². The molecule has 1 unspecified atom stereocenters. The van der Waals surface area contributed by atoms with Gasteiger partial charge in [-0.15, -0.1) is 0 Å². The minimum atomic E-state index is -0.651. The molecule has 1 heterocycles. The highest BCUT2D eigenvalue weighted by Gasteiger charge is 2.30. The van der Waals surface area contributed by atoms with Crippen molar-refractivity contribution in [2.75, 3.05) is 13.7 Å². The van der Waals surface area contributed by atoms with E-state index >= 15 is 0 Å². The molecule has 0 aromatic heterocycles. The number of allylic oxidation sites excluding steroid dienone is 2. The second-order valence-corrected chi connectivity index (χ2v) is 5.38. The van der Waals surface area contributed by atoms with Gasteiger partial charge in [-0.05, 0) is 31.9 Å². The lowest BCUT2D eigenvalue weighted by Gasteiger charge is -2.24. The Morgan fingerprint density at radius 2 is 1.96 bits per heavy atom. The van der Waals surface area contributed by atoms with E-state index in [-0.39, 0.29) is 0 Å². The number of carbonyl (C=O) groups is 2. The van der Waals surface area contributed by atoms with Gasteiger partial charge in [0.15, 0.2) is 0 Å². The summed E-state index contributed by atoms with van der Waals surface area (Å²) in [5.74, 6) is -0.430. The third-order valence-electron chi connectivity index (χ3n) is 3.81. The molecule has 1 aromatic rings. The van der Waals surface area contributed by atoms with E-state index in [1.54, 1.807) is 13.8 Å². The van der Waals surface area contributed by atoms with E-state index < -0.39 is 17.9 Å². The van der Waals surface area contributed by atoms with Gasteiger partial charge in [0, 0.05) is 6.42 Å². The molecule has 128 valence electrons. The number of hydrogen-bond acceptors (Lipinski definition) is 5. The molecule has 0 fully saturated rings. The Hall–Kier alpha value is -2.56. The fraction of sp³-hybridized carbons (Fsp3) is 0.368. The number of ether oxygens (including phenoxy) is 3. The third kappa shape index (κ3) is 4.04. The van der Waals surface area contributed by atoms with Crippen molar-refractivity contribution in [2.45, 2.75) is 32.6 Å². The Kier molecular flexibility index (Phi) is 6.18. The van der Waals surface area contributed by atoms with E-state index in [2.05, 4.69) is 0 Å². The molecule has 0 amide bonds. The lowest BCUT2D eigenvalue weighted by atomic mass is 9.94. The molecule has 1 aliphatic heterocycles. The van der Waals surface area contributed by atoms with Gasteiger partial charge in [0.25, 0.3) is 0 Å². The van der Waals surface area contributed by atoms with Crippen molar-refractivity contribution in [3.05, 3.63) is 59.1 Å². The summed E-state index contributed by atoms with van der Waals surface area (Å²) in [5.41, 5.74) is 1.21. The molecule has 1 aromatic carbocycles. The number of hydrogen-bond donors (Lipinski definition) is 0. The summed E-state index contributed by atoms with van der Waals surface area (Å²) in [6.45, 7) is 3.73. The van der Waals surface area contributed by atoms with E-state index in [0.29, 0.717) is 36.5 Å². The zero-order valence-electron chi connectivity index (χ0n) is 14.2. The van der Waals surface area contributed by atoms with E-state index in [1.807, 2.05) is 36.4 Å². The Bertz CT molecular complexity index is 658. The maximum Gasteiger partial charge on any atom is 0.337 e.